The van der Waals surface area contributed by atoms with Gasteiger partial charge in [0.05, 0.1) is 19.3 Å². The van der Waals surface area contributed by atoms with Crippen molar-refractivity contribution in [3.05, 3.63) is 65.0 Å². The largest absolute Gasteiger partial charge is 0.497 e. The second kappa shape index (κ2) is 8.90. The SMILES string of the molecule is COc1ccc(-c2csc(NC(=O)CN(C)Cc3ccc(F)cc3F)n2)cc1. The van der Waals surface area contributed by atoms with Crippen LogP contribution in [0, 0.1) is 11.6 Å². The van der Waals surface area contributed by atoms with E-state index in [2.05, 4.69) is 10.3 Å². The predicted molar refractivity (Wildman–Crippen MR) is 105 cm³/mol. The molecule has 1 aromatic heterocycles. The second-order valence-corrected chi connectivity index (χ2v) is 7.08. The van der Waals surface area contributed by atoms with Crippen molar-refractivity contribution < 1.29 is 18.3 Å². The molecule has 0 aliphatic carbocycles. The van der Waals surface area contributed by atoms with Gasteiger partial charge in [0, 0.05) is 29.1 Å². The van der Waals surface area contributed by atoms with E-state index in [0.29, 0.717) is 10.7 Å². The smallest absolute Gasteiger partial charge is 0.240 e. The van der Waals surface area contributed by atoms with Gasteiger partial charge in [-0.1, -0.05) is 6.07 Å². The van der Waals surface area contributed by atoms with Crippen molar-refractivity contribution in [1.82, 2.24) is 9.88 Å². The van der Waals surface area contributed by atoms with Gasteiger partial charge >= 0.3 is 0 Å². The number of hydrogen-bond acceptors (Lipinski definition) is 5. The van der Waals surface area contributed by atoms with E-state index >= 15 is 0 Å². The number of thiazole rings is 1. The zero-order valence-electron chi connectivity index (χ0n) is 15.4. The third kappa shape index (κ3) is 5.11. The van der Waals surface area contributed by atoms with E-state index in [9.17, 15) is 13.6 Å². The number of ether oxygens (including phenoxy) is 1. The number of nitrogens with one attached hydrogen (secondary N) is 1. The molecule has 0 spiro atoms. The summed E-state index contributed by atoms with van der Waals surface area (Å²) in [4.78, 5) is 18.3. The van der Waals surface area contributed by atoms with Crippen LogP contribution in [0.15, 0.2) is 47.8 Å². The van der Waals surface area contributed by atoms with Crippen molar-refractivity contribution in [1.29, 1.82) is 0 Å². The van der Waals surface area contributed by atoms with Crippen LogP contribution in [0.25, 0.3) is 11.3 Å². The molecule has 28 heavy (non-hydrogen) atoms. The number of carbonyl (C=O) groups excluding carboxylic acids is 1. The lowest BCUT2D eigenvalue weighted by Crippen LogP contribution is -2.30. The van der Waals surface area contributed by atoms with Crippen LogP contribution < -0.4 is 10.1 Å². The minimum Gasteiger partial charge on any atom is -0.497 e. The van der Waals surface area contributed by atoms with Crippen LogP contribution in [0.2, 0.25) is 0 Å². The first kappa shape index (κ1) is 19.9. The Morgan fingerprint density at radius 2 is 1.96 bits per heavy atom. The molecule has 5 nitrogen and oxygen atoms in total. The first-order valence-electron chi connectivity index (χ1n) is 8.47. The molecule has 0 atom stereocenters. The highest BCUT2D eigenvalue weighted by Crippen LogP contribution is 2.26. The Morgan fingerprint density at radius 1 is 1.21 bits per heavy atom. The third-order valence-electron chi connectivity index (χ3n) is 4.01. The van der Waals surface area contributed by atoms with Gasteiger partial charge in [-0.05, 0) is 37.4 Å². The molecule has 3 rings (SSSR count). The van der Waals surface area contributed by atoms with Gasteiger partial charge in [-0.15, -0.1) is 11.3 Å². The van der Waals surface area contributed by atoms with Gasteiger partial charge in [0.15, 0.2) is 5.13 Å². The minimum atomic E-state index is -0.628. The molecule has 0 saturated heterocycles. The summed E-state index contributed by atoms with van der Waals surface area (Å²) in [7, 11) is 3.29. The molecule has 0 unspecified atom stereocenters. The number of carbonyl (C=O) groups is 1. The standard InChI is InChI=1S/C20H19F2N3O2S/c1-25(10-14-3-6-15(21)9-17(14)22)11-19(26)24-20-23-18(12-28-20)13-4-7-16(27-2)8-5-13/h3-9,12H,10-11H2,1-2H3,(H,23,24,26). The van der Waals surface area contributed by atoms with Crippen molar-refractivity contribution in [2.75, 3.05) is 26.0 Å². The average Bonchev–Trinajstić information content (AvgIpc) is 3.12. The summed E-state index contributed by atoms with van der Waals surface area (Å²) in [5, 5.41) is 5.08. The number of halogens is 2. The molecule has 8 heteroatoms. The minimum absolute atomic E-state index is 0.0499. The highest BCUT2D eigenvalue weighted by molar-refractivity contribution is 7.14. The van der Waals surface area contributed by atoms with Gasteiger partial charge in [0.25, 0.3) is 0 Å². The highest BCUT2D eigenvalue weighted by atomic mass is 32.1. The Hall–Kier alpha value is -2.84. The number of anilines is 1. The molecule has 1 N–H and O–H groups in total. The number of amides is 1. The summed E-state index contributed by atoms with van der Waals surface area (Å²) in [5.41, 5.74) is 2.00. The van der Waals surface area contributed by atoms with Gasteiger partial charge in [0.1, 0.15) is 17.4 Å². The summed E-state index contributed by atoms with van der Waals surface area (Å²) in [6, 6.07) is 10.9. The first-order chi connectivity index (χ1) is 13.4. The molecule has 0 saturated carbocycles. The summed E-state index contributed by atoms with van der Waals surface area (Å²) < 4.78 is 31.8. The quantitative estimate of drug-likeness (QED) is 0.643. The van der Waals surface area contributed by atoms with E-state index in [1.807, 2.05) is 29.6 Å². The number of likely N-dealkylation sites (N-methyl/N-ethyl adjacent to an activating group) is 1. The van der Waals surface area contributed by atoms with Crippen LogP contribution in [0.5, 0.6) is 5.75 Å². The fraction of sp³-hybridized carbons (Fsp3) is 0.200. The Labute approximate surface area is 165 Å². The van der Waals surface area contributed by atoms with E-state index in [-0.39, 0.29) is 19.0 Å². The molecule has 146 valence electrons. The maximum Gasteiger partial charge on any atom is 0.240 e. The predicted octanol–water partition coefficient (Wildman–Crippen LogP) is 4.17. The molecule has 0 aliphatic rings. The van der Waals surface area contributed by atoms with Crippen molar-refractivity contribution in [2.24, 2.45) is 0 Å². The van der Waals surface area contributed by atoms with E-state index in [1.165, 1.54) is 23.5 Å². The van der Waals surface area contributed by atoms with Crippen LogP contribution in [-0.4, -0.2) is 36.5 Å². The molecule has 0 aliphatic heterocycles. The molecule has 3 aromatic rings. The van der Waals surface area contributed by atoms with E-state index < -0.39 is 11.6 Å². The maximum absolute atomic E-state index is 13.7. The lowest BCUT2D eigenvalue weighted by atomic mass is 10.2. The zero-order chi connectivity index (χ0) is 20.1. The van der Waals surface area contributed by atoms with Gasteiger partial charge in [-0.2, -0.15) is 0 Å². The lowest BCUT2D eigenvalue weighted by molar-refractivity contribution is -0.117. The van der Waals surface area contributed by atoms with Crippen LogP contribution in [0.1, 0.15) is 5.56 Å². The van der Waals surface area contributed by atoms with Crippen LogP contribution in [-0.2, 0) is 11.3 Å². The summed E-state index contributed by atoms with van der Waals surface area (Å²) >= 11 is 1.32. The Balaban J connectivity index is 1.56. The number of aromatic nitrogens is 1. The van der Waals surface area contributed by atoms with Crippen LogP contribution in [0.3, 0.4) is 0 Å². The molecule has 1 amide bonds. The van der Waals surface area contributed by atoms with Crippen molar-refractivity contribution >= 4 is 22.4 Å². The highest BCUT2D eigenvalue weighted by Gasteiger charge is 2.13. The average molecular weight is 403 g/mol. The maximum atomic E-state index is 13.7. The monoisotopic (exact) mass is 403 g/mol. The zero-order valence-corrected chi connectivity index (χ0v) is 16.2. The molecular formula is C20H19F2N3O2S. The second-order valence-electron chi connectivity index (χ2n) is 6.22. The Bertz CT molecular complexity index is 960. The first-order valence-corrected chi connectivity index (χ1v) is 9.35. The van der Waals surface area contributed by atoms with E-state index in [1.54, 1.807) is 19.1 Å². The molecular weight excluding hydrogens is 384 g/mol. The Kier molecular flexibility index (Phi) is 6.33. The molecule has 0 bridgehead atoms. The van der Waals surface area contributed by atoms with Gasteiger partial charge in [-0.25, -0.2) is 13.8 Å². The summed E-state index contributed by atoms with van der Waals surface area (Å²) in [5.74, 6) is -0.761. The van der Waals surface area contributed by atoms with Crippen molar-refractivity contribution in [3.8, 4) is 17.0 Å². The fourth-order valence-corrected chi connectivity index (χ4v) is 3.36. The number of methoxy groups -OCH3 is 1. The Morgan fingerprint density at radius 3 is 2.64 bits per heavy atom. The van der Waals surface area contributed by atoms with Gasteiger partial charge in [-0.3, -0.25) is 9.69 Å². The topological polar surface area (TPSA) is 54.5 Å². The lowest BCUT2D eigenvalue weighted by Gasteiger charge is -2.16. The fourth-order valence-electron chi connectivity index (χ4n) is 2.63. The van der Waals surface area contributed by atoms with Gasteiger partial charge < -0.3 is 10.1 Å². The van der Waals surface area contributed by atoms with Crippen molar-refractivity contribution in [2.45, 2.75) is 6.54 Å². The number of rotatable bonds is 7. The summed E-state index contributed by atoms with van der Waals surface area (Å²) in [6.45, 7) is 0.239. The number of nitrogens with zero attached hydrogens (tertiary/aromatic N) is 2. The number of benzene rings is 2. The molecule has 0 fully saturated rings. The molecule has 1 heterocycles. The summed E-state index contributed by atoms with van der Waals surface area (Å²) in [6.07, 6.45) is 0. The molecule has 0 radical (unpaired) electrons. The van der Waals surface area contributed by atoms with Crippen LogP contribution in [0.4, 0.5) is 13.9 Å². The van der Waals surface area contributed by atoms with Crippen molar-refractivity contribution in [3.63, 3.8) is 0 Å². The van der Waals surface area contributed by atoms with E-state index in [4.69, 9.17) is 4.74 Å². The normalized spacial score (nSPS) is 10.9. The third-order valence-corrected chi connectivity index (χ3v) is 4.76. The number of hydrogen-bond donors (Lipinski definition) is 1. The molecule has 2 aromatic carbocycles. The van der Waals surface area contributed by atoms with Gasteiger partial charge in [0.2, 0.25) is 5.91 Å². The van der Waals surface area contributed by atoms with Crippen LogP contribution >= 0.6 is 11.3 Å². The van der Waals surface area contributed by atoms with E-state index in [0.717, 1.165) is 23.1 Å².